The molecule has 184 valence electrons. The van der Waals surface area contributed by atoms with Gasteiger partial charge in [0.15, 0.2) is 0 Å². The molecule has 3 aliphatic rings. The summed E-state index contributed by atoms with van der Waals surface area (Å²) in [5.41, 5.74) is 5.22. The van der Waals surface area contributed by atoms with Gasteiger partial charge >= 0.3 is 0 Å². The van der Waals surface area contributed by atoms with Gasteiger partial charge in [-0.25, -0.2) is 0 Å². The van der Waals surface area contributed by atoms with Crippen LogP contribution >= 0.6 is 0 Å². The molecule has 0 amide bonds. The molecule has 2 aromatic rings. The smallest absolute Gasteiger partial charge is 0.119 e. The molecule has 0 aromatic heterocycles. The van der Waals surface area contributed by atoms with Crippen molar-refractivity contribution in [2.45, 2.75) is 32.1 Å². The predicted molar refractivity (Wildman–Crippen MR) is 143 cm³/mol. The fourth-order valence-corrected chi connectivity index (χ4v) is 5.62. The molecule has 2 aromatic carbocycles. The van der Waals surface area contributed by atoms with Crippen LogP contribution in [0.2, 0.25) is 0 Å². The van der Waals surface area contributed by atoms with Gasteiger partial charge in [0.2, 0.25) is 0 Å². The highest BCUT2D eigenvalue weighted by Gasteiger charge is 2.30. The molecule has 0 spiro atoms. The number of aryl methyl sites for hydroxylation is 1. The van der Waals surface area contributed by atoms with Crippen LogP contribution in [-0.2, 0) is 11.2 Å². The maximum atomic E-state index is 6.06. The van der Waals surface area contributed by atoms with Crippen LogP contribution in [-0.4, -0.2) is 45.4 Å². The molecule has 0 radical (unpaired) electrons. The average Bonchev–Trinajstić information content (AvgIpc) is 3.06. The zero-order valence-electron chi connectivity index (χ0n) is 21.0. The van der Waals surface area contributed by atoms with Crippen molar-refractivity contribution in [2.75, 3.05) is 40.5 Å². The fourth-order valence-electron chi connectivity index (χ4n) is 5.62. The second-order valence-electron chi connectivity index (χ2n) is 9.80. The molecule has 35 heavy (non-hydrogen) atoms. The van der Waals surface area contributed by atoms with E-state index < -0.39 is 0 Å². The van der Waals surface area contributed by atoms with Crippen LogP contribution in [0, 0.1) is 11.8 Å². The SMILES string of the molecule is COC1=CC2CCc3cc(OC)ccc3/C(=C\c3ccc(OCCN4CCCCC4)cc3)C2C=C1. The van der Waals surface area contributed by atoms with Gasteiger partial charge in [-0.3, -0.25) is 4.90 Å². The minimum Gasteiger partial charge on any atom is -0.497 e. The number of nitrogens with zero attached hydrogens (tertiary/aromatic N) is 1. The fraction of sp³-hybridized carbons (Fsp3) is 0.419. The zero-order chi connectivity index (χ0) is 24.0. The van der Waals surface area contributed by atoms with Crippen LogP contribution in [0.5, 0.6) is 11.5 Å². The van der Waals surface area contributed by atoms with E-state index in [-0.39, 0.29) is 0 Å². The lowest BCUT2D eigenvalue weighted by molar-refractivity contribution is 0.183. The van der Waals surface area contributed by atoms with Crippen molar-refractivity contribution >= 4 is 11.6 Å². The Balaban J connectivity index is 1.37. The molecule has 2 unspecified atom stereocenters. The maximum absolute atomic E-state index is 6.06. The Morgan fingerprint density at radius 2 is 1.74 bits per heavy atom. The van der Waals surface area contributed by atoms with E-state index in [0.29, 0.717) is 11.8 Å². The number of fused-ring (bicyclic) bond motifs is 2. The van der Waals surface area contributed by atoms with E-state index in [1.54, 1.807) is 14.2 Å². The highest BCUT2D eigenvalue weighted by molar-refractivity contribution is 5.86. The van der Waals surface area contributed by atoms with Gasteiger partial charge in [-0.1, -0.05) is 36.8 Å². The molecule has 2 aliphatic carbocycles. The maximum Gasteiger partial charge on any atom is 0.119 e. The molecule has 1 fully saturated rings. The summed E-state index contributed by atoms with van der Waals surface area (Å²) in [4.78, 5) is 2.51. The molecule has 4 heteroatoms. The highest BCUT2D eigenvalue weighted by Crippen LogP contribution is 2.43. The molecule has 0 N–H and O–H groups in total. The number of allylic oxidation sites excluding steroid dienone is 4. The van der Waals surface area contributed by atoms with Gasteiger partial charge in [-0.15, -0.1) is 0 Å². The van der Waals surface area contributed by atoms with Crippen molar-refractivity contribution in [2.24, 2.45) is 11.8 Å². The predicted octanol–water partition coefficient (Wildman–Crippen LogP) is 6.38. The van der Waals surface area contributed by atoms with Gasteiger partial charge in [0, 0.05) is 12.5 Å². The van der Waals surface area contributed by atoms with Gasteiger partial charge in [0.05, 0.1) is 14.2 Å². The summed E-state index contributed by atoms with van der Waals surface area (Å²) in [7, 11) is 3.49. The van der Waals surface area contributed by atoms with Gasteiger partial charge in [0.1, 0.15) is 23.9 Å². The van der Waals surface area contributed by atoms with Crippen molar-refractivity contribution < 1.29 is 14.2 Å². The Morgan fingerprint density at radius 1 is 0.943 bits per heavy atom. The molecule has 1 saturated heterocycles. The first-order chi connectivity index (χ1) is 17.2. The second kappa shape index (κ2) is 11.2. The van der Waals surface area contributed by atoms with Crippen LogP contribution in [0.3, 0.4) is 0 Å². The first-order valence-electron chi connectivity index (χ1n) is 13.0. The third-order valence-corrected chi connectivity index (χ3v) is 7.60. The van der Waals surface area contributed by atoms with Crippen molar-refractivity contribution in [3.05, 3.63) is 83.1 Å². The number of benzene rings is 2. The van der Waals surface area contributed by atoms with E-state index in [1.807, 2.05) is 0 Å². The quantitative estimate of drug-likeness (QED) is 0.469. The number of ether oxygens (including phenoxy) is 3. The molecular weight excluding hydrogens is 434 g/mol. The molecule has 1 heterocycles. The molecule has 5 rings (SSSR count). The van der Waals surface area contributed by atoms with Crippen LogP contribution in [0.25, 0.3) is 11.6 Å². The summed E-state index contributed by atoms with van der Waals surface area (Å²) in [5.74, 6) is 3.56. The Hall–Kier alpha value is -2.98. The first kappa shape index (κ1) is 23.7. The summed E-state index contributed by atoms with van der Waals surface area (Å²) in [6, 6.07) is 15.1. The minimum absolute atomic E-state index is 0.323. The molecule has 2 atom stereocenters. The van der Waals surface area contributed by atoms with Crippen molar-refractivity contribution in [1.82, 2.24) is 4.90 Å². The molecule has 1 aliphatic heterocycles. The Morgan fingerprint density at radius 3 is 2.51 bits per heavy atom. The number of hydrogen-bond acceptors (Lipinski definition) is 4. The summed E-state index contributed by atoms with van der Waals surface area (Å²) >= 11 is 0. The van der Waals surface area contributed by atoms with Crippen LogP contribution in [0.1, 0.15) is 42.4 Å². The Bertz CT molecular complexity index is 1090. The summed E-state index contributed by atoms with van der Waals surface area (Å²) in [6.07, 6.45) is 15.2. The summed E-state index contributed by atoms with van der Waals surface area (Å²) in [6.45, 7) is 4.18. The van der Waals surface area contributed by atoms with Gasteiger partial charge in [0.25, 0.3) is 0 Å². The van der Waals surface area contributed by atoms with Gasteiger partial charge in [-0.05, 0) is 103 Å². The van der Waals surface area contributed by atoms with Crippen molar-refractivity contribution in [3.8, 4) is 11.5 Å². The highest BCUT2D eigenvalue weighted by atomic mass is 16.5. The second-order valence-corrected chi connectivity index (χ2v) is 9.80. The van der Waals surface area contributed by atoms with Crippen molar-refractivity contribution in [1.29, 1.82) is 0 Å². The molecule has 4 nitrogen and oxygen atoms in total. The van der Waals surface area contributed by atoms with Crippen molar-refractivity contribution in [3.63, 3.8) is 0 Å². The lowest BCUT2D eigenvalue weighted by atomic mass is 9.79. The van der Waals surface area contributed by atoms with Crippen LogP contribution in [0.4, 0.5) is 0 Å². The van der Waals surface area contributed by atoms with Crippen LogP contribution in [0.15, 0.2) is 66.5 Å². The molecule has 0 saturated carbocycles. The first-order valence-corrected chi connectivity index (χ1v) is 13.0. The topological polar surface area (TPSA) is 30.9 Å². The van der Waals surface area contributed by atoms with E-state index in [1.165, 1.54) is 54.6 Å². The zero-order valence-corrected chi connectivity index (χ0v) is 21.0. The third-order valence-electron chi connectivity index (χ3n) is 7.60. The number of methoxy groups -OCH3 is 2. The minimum atomic E-state index is 0.323. The average molecular weight is 472 g/mol. The number of likely N-dealkylation sites (tertiary alicyclic amines) is 1. The number of piperidine rings is 1. The normalized spacial score (nSPS) is 23.1. The Kier molecular flexibility index (Phi) is 7.58. The summed E-state index contributed by atoms with van der Waals surface area (Å²) < 4.78 is 17.1. The van der Waals surface area contributed by atoms with E-state index in [2.05, 4.69) is 71.7 Å². The third kappa shape index (κ3) is 5.65. The van der Waals surface area contributed by atoms with Gasteiger partial charge in [-0.2, -0.15) is 0 Å². The monoisotopic (exact) mass is 471 g/mol. The number of rotatable bonds is 7. The van der Waals surface area contributed by atoms with E-state index in [0.717, 1.165) is 43.3 Å². The van der Waals surface area contributed by atoms with E-state index in [9.17, 15) is 0 Å². The largest absolute Gasteiger partial charge is 0.497 e. The molecule has 0 bridgehead atoms. The van der Waals surface area contributed by atoms with Gasteiger partial charge < -0.3 is 14.2 Å². The Labute approximate surface area is 209 Å². The van der Waals surface area contributed by atoms with E-state index >= 15 is 0 Å². The standard InChI is InChI=1S/C31H37NO3/c1-33-27-12-14-29-24(21-27)8-9-25-22-28(34-2)13-15-30(25)31(29)20-23-6-10-26(11-7-23)35-19-18-32-16-4-3-5-17-32/h6-7,10-15,20-22,24,29H,3-5,8-9,16-19H2,1-2H3/b31-20-. The number of hydrogen-bond donors (Lipinski definition) is 0. The lowest BCUT2D eigenvalue weighted by Crippen LogP contribution is -2.33. The van der Waals surface area contributed by atoms with E-state index in [4.69, 9.17) is 14.2 Å². The molecular formula is C31H37NO3. The van der Waals surface area contributed by atoms with Crippen LogP contribution < -0.4 is 9.47 Å². The lowest BCUT2D eigenvalue weighted by Gasteiger charge is -2.26. The summed E-state index contributed by atoms with van der Waals surface area (Å²) in [5, 5.41) is 0.